The minimum absolute atomic E-state index is 0.0324. The standard InChI is InChI=1S/C21H41NO2/c1-3-5-6-7-8-9-10-11-12-13-14-15-16-17-20(21(22)24)19(4-2)18-23/h9-10,19-20,23H,3-8,11-18H2,1-2H3,(H2,22,24). The molecule has 0 aliphatic rings. The number of carbonyl (C=O) groups excluding carboxylic acids is 1. The molecule has 3 nitrogen and oxygen atoms in total. The maximum Gasteiger partial charge on any atom is 0.220 e. The van der Waals surface area contributed by atoms with Crippen LogP contribution in [0.4, 0.5) is 0 Å². The number of amides is 1. The average molecular weight is 340 g/mol. The van der Waals surface area contributed by atoms with Gasteiger partial charge in [-0.05, 0) is 38.0 Å². The third kappa shape index (κ3) is 12.6. The van der Waals surface area contributed by atoms with Gasteiger partial charge < -0.3 is 10.8 Å². The second-order valence-corrected chi connectivity index (χ2v) is 7.03. The average Bonchev–Trinajstić information content (AvgIpc) is 2.58. The number of hydrogen-bond donors (Lipinski definition) is 2. The van der Waals surface area contributed by atoms with Crippen molar-refractivity contribution in [1.29, 1.82) is 0 Å². The predicted octanol–water partition coefficient (Wildman–Crippen LogP) is 5.36. The van der Waals surface area contributed by atoms with Crippen LogP contribution < -0.4 is 5.73 Å². The summed E-state index contributed by atoms with van der Waals surface area (Å²) in [4.78, 5) is 11.5. The Morgan fingerprint density at radius 2 is 1.46 bits per heavy atom. The molecule has 0 radical (unpaired) electrons. The van der Waals surface area contributed by atoms with Gasteiger partial charge in [0.25, 0.3) is 0 Å². The van der Waals surface area contributed by atoms with E-state index in [2.05, 4.69) is 19.1 Å². The van der Waals surface area contributed by atoms with Crippen molar-refractivity contribution in [3.8, 4) is 0 Å². The summed E-state index contributed by atoms with van der Waals surface area (Å²) in [7, 11) is 0. The summed E-state index contributed by atoms with van der Waals surface area (Å²) in [6.07, 6.45) is 20.1. The van der Waals surface area contributed by atoms with Crippen molar-refractivity contribution in [2.45, 2.75) is 97.3 Å². The minimum atomic E-state index is -0.250. The lowest BCUT2D eigenvalue weighted by molar-refractivity contribution is -0.124. The molecule has 0 aliphatic carbocycles. The zero-order valence-corrected chi connectivity index (χ0v) is 16.1. The van der Waals surface area contributed by atoms with E-state index in [0.717, 1.165) is 25.7 Å². The summed E-state index contributed by atoms with van der Waals surface area (Å²) >= 11 is 0. The molecule has 1 amide bonds. The van der Waals surface area contributed by atoms with E-state index in [1.54, 1.807) is 0 Å². The highest BCUT2D eigenvalue weighted by molar-refractivity contribution is 5.76. The van der Waals surface area contributed by atoms with Crippen LogP contribution in [0.15, 0.2) is 12.2 Å². The van der Waals surface area contributed by atoms with E-state index in [1.165, 1.54) is 57.8 Å². The van der Waals surface area contributed by atoms with Crippen molar-refractivity contribution < 1.29 is 9.90 Å². The van der Waals surface area contributed by atoms with E-state index < -0.39 is 0 Å². The summed E-state index contributed by atoms with van der Waals surface area (Å²) < 4.78 is 0. The molecule has 3 N–H and O–H groups in total. The van der Waals surface area contributed by atoms with Crippen LogP contribution in [-0.2, 0) is 4.79 Å². The fourth-order valence-corrected chi connectivity index (χ4v) is 3.23. The zero-order chi connectivity index (χ0) is 18.0. The number of nitrogens with two attached hydrogens (primary N) is 1. The van der Waals surface area contributed by atoms with Gasteiger partial charge in [-0.15, -0.1) is 0 Å². The van der Waals surface area contributed by atoms with Crippen molar-refractivity contribution >= 4 is 5.91 Å². The molecule has 2 unspecified atom stereocenters. The largest absolute Gasteiger partial charge is 0.396 e. The topological polar surface area (TPSA) is 63.3 Å². The number of hydrogen-bond acceptors (Lipinski definition) is 2. The van der Waals surface area contributed by atoms with Crippen LogP contribution in [0.25, 0.3) is 0 Å². The molecule has 0 bridgehead atoms. The van der Waals surface area contributed by atoms with Crippen molar-refractivity contribution in [2.75, 3.05) is 6.61 Å². The third-order valence-corrected chi connectivity index (χ3v) is 4.97. The Labute approximate surface area is 150 Å². The monoisotopic (exact) mass is 339 g/mol. The van der Waals surface area contributed by atoms with Gasteiger partial charge in [-0.3, -0.25) is 4.79 Å². The molecular weight excluding hydrogens is 298 g/mol. The molecule has 0 aromatic rings. The van der Waals surface area contributed by atoms with Gasteiger partial charge >= 0.3 is 0 Å². The Morgan fingerprint density at radius 3 is 1.96 bits per heavy atom. The lowest BCUT2D eigenvalue weighted by Gasteiger charge is -2.21. The van der Waals surface area contributed by atoms with Crippen molar-refractivity contribution in [2.24, 2.45) is 17.6 Å². The van der Waals surface area contributed by atoms with E-state index >= 15 is 0 Å². The lowest BCUT2D eigenvalue weighted by Crippen LogP contribution is -2.31. The summed E-state index contributed by atoms with van der Waals surface area (Å²) in [6, 6.07) is 0. The number of primary amides is 1. The normalized spacial score (nSPS) is 14.1. The first kappa shape index (κ1) is 23.2. The molecule has 0 rings (SSSR count). The first-order chi connectivity index (χ1) is 11.7. The number of unbranched alkanes of at least 4 members (excludes halogenated alkanes) is 9. The number of aliphatic hydroxyl groups is 1. The van der Waals surface area contributed by atoms with Crippen LogP contribution in [0.2, 0.25) is 0 Å². The Kier molecular flexibility index (Phi) is 16.4. The molecule has 0 aromatic carbocycles. The van der Waals surface area contributed by atoms with Crippen LogP contribution in [0.3, 0.4) is 0 Å². The van der Waals surface area contributed by atoms with Crippen LogP contribution >= 0.6 is 0 Å². The van der Waals surface area contributed by atoms with E-state index in [0.29, 0.717) is 0 Å². The maximum absolute atomic E-state index is 11.5. The van der Waals surface area contributed by atoms with Gasteiger partial charge in [0, 0.05) is 12.5 Å². The van der Waals surface area contributed by atoms with Gasteiger partial charge in [0.2, 0.25) is 5.91 Å². The van der Waals surface area contributed by atoms with Crippen LogP contribution in [-0.4, -0.2) is 17.6 Å². The van der Waals surface area contributed by atoms with Gasteiger partial charge in [0.1, 0.15) is 0 Å². The Morgan fingerprint density at radius 1 is 0.917 bits per heavy atom. The number of carbonyl (C=O) groups is 1. The van der Waals surface area contributed by atoms with Crippen LogP contribution in [0.5, 0.6) is 0 Å². The highest BCUT2D eigenvalue weighted by Crippen LogP contribution is 2.22. The third-order valence-electron chi connectivity index (χ3n) is 4.97. The lowest BCUT2D eigenvalue weighted by atomic mass is 9.85. The summed E-state index contributed by atoms with van der Waals surface area (Å²) in [5.74, 6) is -0.374. The van der Waals surface area contributed by atoms with Gasteiger partial charge in [0.05, 0.1) is 0 Å². The summed E-state index contributed by atoms with van der Waals surface area (Å²) in [5.41, 5.74) is 5.48. The molecule has 0 fully saturated rings. The van der Waals surface area contributed by atoms with E-state index in [1.807, 2.05) is 6.92 Å². The first-order valence-electron chi connectivity index (χ1n) is 10.2. The highest BCUT2D eigenvalue weighted by Gasteiger charge is 2.23. The van der Waals surface area contributed by atoms with Gasteiger partial charge in [-0.25, -0.2) is 0 Å². The minimum Gasteiger partial charge on any atom is -0.396 e. The zero-order valence-electron chi connectivity index (χ0n) is 16.1. The Balaban J connectivity index is 3.55. The van der Waals surface area contributed by atoms with E-state index in [9.17, 15) is 9.90 Å². The van der Waals surface area contributed by atoms with Crippen molar-refractivity contribution in [3.05, 3.63) is 12.2 Å². The second kappa shape index (κ2) is 17.0. The number of rotatable bonds is 17. The molecule has 2 atom stereocenters. The molecule has 0 spiro atoms. The van der Waals surface area contributed by atoms with Gasteiger partial charge in [-0.2, -0.15) is 0 Å². The second-order valence-electron chi connectivity index (χ2n) is 7.03. The molecule has 0 saturated carbocycles. The molecule has 142 valence electrons. The molecule has 0 aromatic heterocycles. The SMILES string of the molecule is CCCCCCC=CCCCCCCCC(C(N)=O)C(CC)CO. The van der Waals surface area contributed by atoms with Crippen LogP contribution in [0, 0.1) is 11.8 Å². The molecule has 0 saturated heterocycles. The fourth-order valence-electron chi connectivity index (χ4n) is 3.23. The molecule has 3 heteroatoms. The number of allylic oxidation sites excluding steroid dienone is 2. The molecule has 0 heterocycles. The van der Waals surface area contributed by atoms with Crippen molar-refractivity contribution in [3.63, 3.8) is 0 Å². The first-order valence-corrected chi connectivity index (χ1v) is 10.2. The van der Waals surface area contributed by atoms with Gasteiger partial charge in [-0.1, -0.05) is 77.4 Å². The number of aliphatic hydroxyl groups excluding tert-OH is 1. The Hall–Kier alpha value is -0.830. The van der Waals surface area contributed by atoms with Gasteiger partial charge in [0.15, 0.2) is 0 Å². The highest BCUT2D eigenvalue weighted by atomic mass is 16.3. The Bertz CT molecular complexity index is 311. The predicted molar refractivity (Wildman–Crippen MR) is 104 cm³/mol. The molecule has 24 heavy (non-hydrogen) atoms. The maximum atomic E-state index is 11.5. The van der Waals surface area contributed by atoms with Crippen LogP contribution in [0.1, 0.15) is 97.3 Å². The van der Waals surface area contributed by atoms with E-state index in [4.69, 9.17) is 5.73 Å². The van der Waals surface area contributed by atoms with Crippen molar-refractivity contribution in [1.82, 2.24) is 0 Å². The summed E-state index contributed by atoms with van der Waals surface area (Å²) in [5, 5.41) is 9.33. The smallest absolute Gasteiger partial charge is 0.220 e. The molecule has 0 aliphatic heterocycles. The summed E-state index contributed by atoms with van der Waals surface area (Å²) in [6.45, 7) is 4.32. The quantitative estimate of drug-likeness (QED) is 0.277. The van der Waals surface area contributed by atoms with E-state index in [-0.39, 0.29) is 24.3 Å². The molecular formula is C21H41NO2. The fraction of sp³-hybridized carbons (Fsp3) is 0.857.